The van der Waals surface area contributed by atoms with E-state index in [9.17, 15) is 8.78 Å². The summed E-state index contributed by atoms with van der Waals surface area (Å²) in [4.78, 5) is 12.7. The fraction of sp³-hybridized carbons (Fsp3) is 0.556. The van der Waals surface area contributed by atoms with E-state index in [1.165, 1.54) is 0 Å². The van der Waals surface area contributed by atoms with Gasteiger partial charge in [-0.2, -0.15) is 0 Å². The number of piperazine rings is 1. The second-order valence-electron chi connectivity index (χ2n) is 6.74. The first kappa shape index (κ1) is 16.6. The van der Waals surface area contributed by atoms with E-state index in [2.05, 4.69) is 19.8 Å². The van der Waals surface area contributed by atoms with Gasteiger partial charge in [0.05, 0.1) is 12.1 Å². The van der Waals surface area contributed by atoms with Gasteiger partial charge in [-0.25, -0.2) is 18.7 Å². The lowest BCUT2D eigenvalue weighted by Crippen LogP contribution is -2.48. The van der Waals surface area contributed by atoms with Crippen molar-refractivity contribution in [1.82, 2.24) is 14.9 Å². The van der Waals surface area contributed by atoms with Crippen molar-refractivity contribution >= 4 is 16.7 Å². The van der Waals surface area contributed by atoms with Gasteiger partial charge in [-0.15, -0.1) is 0 Å². The molecule has 25 heavy (non-hydrogen) atoms. The number of aromatic nitrogens is 2. The zero-order chi connectivity index (χ0) is 17.2. The maximum absolute atomic E-state index is 13.2. The molecule has 0 radical (unpaired) electrons. The van der Waals surface area contributed by atoms with E-state index < -0.39 is 6.43 Å². The first-order valence-corrected chi connectivity index (χ1v) is 8.80. The lowest BCUT2D eigenvalue weighted by Gasteiger charge is -2.36. The third-order valence-electron chi connectivity index (χ3n) is 5.01. The van der Waals surface area contributed by atoms with Gasteiger partial charge < -0.3 is 9.64 Å². The Hall–Kier alpha value is -1.86. The number of fused-ring (bicyclic) bond motifs is 1. The number of halogens is 2. The number of hydrogen-bond donors (Lipinski definition) is 0. The quantitative estimate of drug-likeness (QED) is 0.850. The summed E-state index contributed by atoms with van der Waals surface area (Å²) in [6, 6.07) is 7.38. The Bertz CT molecular complexity index is 728. The molecular weight excluding hydrogens is 326 g/mol. The molecule has 2 saturated heterocycles. The van der Waals surface area contributed by atoms with Crippen molar-refractivity contribution in [2.45, 2.75) is 12.8 Å². The average Bonchev–Trinajstić information content (AvgIpc) is 3.14. The molecule has 0 N–H and O–H groups in total. The summed E-state index contributed by atoms with van der Waals surface area (Å²) < 4.78 is 31.8. The van der Waals surface area contributed by atoms with Crippen LogP contribution in [0.4, 0.5) is 14.6 Å². The predicted molar refractivity (Wildman–Crippen MR) is 92.1 cm³/mol. The smallest absolute Gasteiger partial charge is 0.297 e. The summed E-state index contributed by atoms with van der Waals surface area (Å²) in [6.07, 6.45) is -1.53. The molecule has 1 aromatic carbocycles. The van der Waals surface area contributed by atoms with Crippen LogP contribution in [0.5, 0.6) is 0 Å². The topological polar surface area (TPSA) is 41.5 Å². The van der Waals surface area contributed by atoms with E-state index in [0.29, 0.717) is 17.3 Å². The molecule has 0 saturated carbocycles. The molecule has 0 aliphatic carbocycles. The summed E-state index contributed by atoms with van der Waals surface area (Å²) in [5, 5.41) is 0.838. The van der Waals surface area contributed by atoms with Crippen LogP contribution in [0.25, 0.3) is 10.9 Å². The molecule has 3 heterocycles. The van der Waals surface area contributed by atoms with Gasteiger partial charge in [-0.1, -0.05) is 12.1 Å². The summed E-state index contributed by atoms with van der Waals surface area (Å²) in [5.74, 6) is 0.862. The standard InChI is InChI=1S/C18H22F2N4O/c19-16(20)17-21-15-4-2-1-3-14(15)18(22-17)24-8-6-23(7-9-24)11-13-5-10-25-12-13/h1-4,13,16H,5-12H2. The highest BCUT2D eigenvalue weighted by Gasteiger charge is 2.25. The maximum atomic E-state index is 13.2. The van der Waals surface area contributed by atoms with E-state index in [1.54, 1.807) is 6.07 Å². The highest BCUT2D eigenvalue weighted by molar-refractivity contribution is 5.89. The van der Waals surface area contributed by atoms with Gasteiger partial charge in [-0.05, 0) is 24.5 Å². The average molecular weight is 348 g/mol. The van der Waals surface area contributed by atoms with Crippen molar-refractivity contribution in [3.8, 4) is 0 Å². The van der Waals surface area contributed by atoms with Crippen molar-refractivity contribution < 1.29 is 13.5 Å². The minimum Gasteiger partial charge on any atom is -0.381 e. The van der Waals surface area contributed by atoms with Crippen LogP contribution >= 0.6 is 0 Å². The molecule has 0 bridgehead atoms. The second kappa shape index (κ2) is 7.17. The van der Waals surface area contributed by atoms with E-state index in [1.807, 2.05) is 18.2 Å². The van der Waals surface area contributed by atoms with E-state index >= 15 is 0 Å². The van der Waals surface area contributed by atoms with E-state index in [-0.39, 0.29) is 5.82 Å². The predicted octanol–water partition coefficient (Wildman–Crippen LogP) is 2.73. The van der Waals surface area contributed by atoms with E-state index in [4.69, 9.17) is 4.74 Å². The molecule has 0 spiro atoms. The fourth-order valence-corrected chi connectivity index (χ4v) is 3.65. The first-order chi connectivity index (χ1) is 12.2. The van der Waals surface area contributed by atoms with Gasteiger partial charge in [-0.3, -0.25) is 4.90 Å². The Labute approximate surface area is 145 Å². The van der Waals surface area contributed by atoms with Gasteiger partial charge in [0.25, 0.3) is 6.43 Å². The maximum Gasteiger partial charge on any atom is 0.297 e. The van der Waals surface area contributed by atoms with Gasteiger partial charge >= 0.3 is 0 Å². The first-order valence-electron chi connectivity index (χ1n) is 8.80. The van der Waals surface area contributed by atoms with Crippen LogP contribution in [0.15, 0.2) is 24.3 Å². The Morgan fingerprint density at radius 2 is 1.92 bits per heavy atom. The summed E-state index contributed by atoms with van der Waals surface area (Å²) in [5.41, 5.74) is 0.577. The Kier molecular flexibility index (Phi) is 4.76. The highest BCUT2D eigenvalue weighted by Crippen LogP contribution is 2.28. The number of ether oxygens (including phenoxy) is 1. The lowest BCUT2D eigenvalue weighted by molar-refractivity contribution is 0.140. The number of benzene rings is 1. The minimum absolute atomic E-state index is 0.390. The lowest BCUT2D eigenvalue weighted by atomic mass is 10.1. The number of para-hydroxylation sites is 1. The molecule has 2 fully saturated rings. The molecule has 1 unspecified atom stereocenters. The van der Waals surface area contributed by atoms with Crippen LogP contribution in [0.3, 0.4) is 0 Å². The molecular formula is C18H22F2N4O. The zero-order valence-electron chi connectivity index (χ0n) is 14.1. The largest absolute Gasteiger partial charge is 0.381 e. The van der Waals surface area contributed by atoms with E-state index in [0.717, 1.165) is 57.7 Å². The summed E-state index contributed by atoms with van der Waals surface area (Å²) in [6.45, 7) is 6.19. The minimum atomic E-state index is -2.66. The molecule has 2 aliphatic rings. The monoisotopic (exact) mass is 348 g/mol. The van der Waals surface area contributed by atoms with Crippen LogP contribution in [0, 0.1) is 5.92 Å². The molecule has 1 aromatic heterocycles. The number of hydrogen-bond acceptors (Lipinski definition) is 5. The molecule has 134 valence electrons. The van der Waals surface area contributed by atoms with Crippen LogP contribution in [-0.2, 0) is 4.74 Å². The van der Waals surface area contributed by atoms with Gasteiger partial charge in [0.2, 0.25) is 0 Å². The van der Waals surface area contributed by atoms with Crippen LogP contribution in [0.2, 0.25) is 0 Å². The number of anilines is 1. The molecule has 4 rings (SSSR count). The molecule has 2 aromatic rings. The summed E-state index contributed by atoms with van der Waals surface area (Å²) in [7, 11) is 0. The van der Waals surface area contributed by atoms with Crippen molar-refractivity contribution in [3.63, 3.8) is 0 Å². The third kappa shape index (κ3) is 3.57. The fourth-order valence-electron chi connectivity index (χ4n) is 3.65. The molecule has 7 heteroatoms. The Morgan fingerprint density at radius 1 is 1.12 bits per heavy atom. The number of alkyl halides is 2. The molecule has 2 aliphatic heterocycles. The number of rotatable bonds is 4. The Balaban J connectivity index is 1.52. The zero-order valence-corrected chi connectivity index (χ0v) is 14.1. The third-order valence-corrected chi connectivity index (χ3v) is 5.01. The number of nitrogens with zero attached hydrogens (tertiary/aromatic N) is 4. The van der Waals surface area contributed by atoms with Crippen molar-refractivity contribution in [2.24, 2.45) is 5.92 Å². The second-order valence-corrected chi connectivity index (χ2v) is 6.74. The van der Waals surface area contributed by atoms with Crippen molar-refractivity contribution in [3.05, 3.63) is 30.1 Å². The summed E-state index contributed by atoms with van der Waals surface area (Å²) >= 11 is 0. The van der Waals surface area contributed by atoms with Crippen LogP contribution in [-0.4, -0.2) is 60.8 Å². The van der Waals surface area contributed by atoms with Crippen molar-refractivity contribution in [2.75, 3.05) is 50.8 Å². The molecule has 1 atom stereocenters. The van der Waals surface area contributed by atoms with Crippen LogP contribution in [0.1, 0.15) is 18.7 Å². The van der Waals surface area contributed by atoms with Gasteiger partial charge in [0, 0.05) is 44.7 Å². The van der Waals surface area contributed by atoms with Crippen LogP contribution < -0.4 is 4.90 Å². The molecule has 0 amide bonds. The van der Waals surface area contributed by atoms with Gasteiger partial charge in [0.15, 0.2) is 5.82 Å². The molecule has 5 nitrogen and oxygen atoms in total. The van der Waals surface area contributed by atoms with Gasteiger partial charge in [0.1, 0.15) is 5.82 Å². The SMILES string of the molecule is FC(F)c1nc(N2CCN(CC3CCOC3)CC2)c2ccccc2n1. The van der Waals surface area contributed by atoms with Crippen molar-refractivity contribution in [1.29, 1.82) is 0 Å². The highest BCUT2D eigenvalue weighted by atomic mass is 19.3. The normalized spacial score (nSPS) is 22.2. The Morgan fingerprint density at radius 3 is 2.64 bits per heavy atom.